The lowest BCUT2D eigenvalue weighted by atomic mass is 10.4. The highest BCUT2D eigenvalue weighted by atomic mass is 32.2. The van der Waals surface area contributed by atoms with Crippen LogP contribution >= 0.6 is 0 Å². The van der Waals surface area contributed by atoms with E-state index >= 15 is 0 Å². The van der Waals surface area contributed by atoms with Crippen molar-refractivity contribution in [1.29, 1.82) is 0 Å². The van der Waals surface area contributed by atoms with Crippen LogP contribution in [-0.4, -0.2) is 50.4 Å². The summed E-state index contributed by atoms with van der Waals surface area (Å²) in [5, 5.41) is 8.63. The van der Waals surface area contributed by atoms with E-state index in [1.165, 1.54) is 17.4 Å². The molecule has 1 rings (SSSR count). The topological polar surface area (TPSA) is 79.3 Å². The van der Waals surface area contributed by atoms with Crippen LogP contribution in [0.15, 0.2) is 17.3 Å². The van der Waals surface area contributed by atoms with Gasteiger partial charge in [-0.25, -0.2) is 13.4 Å². The summed E-state index contributed by atoms with van der Waals surface area (Å²) in [7, 11) is -0.250. The number of rotatable bonds is 8. The van der Waals surface area contributed by atoms with Crippen LogP contribution < -0.4 is 10.1 Å². The lowest BCUT2D eigenvalue weighted by Crippen LogP contribution is -2.35. The summed E-state index contributed by atoms with van der Waals surface area (Å²) in [6.45, 7) is 4.58. The van der Waals surface area contributed by atoms with E-state index < -0.39 is 10.0 Å². The first-order valence-electron chi connectivity index (χ1n) is 5.88. The van der Waals surface area contributed by atoms with Crippen molar-refractivity contribution in [2.24, 2.45) is 0 Å². The molecular formula is C10H21N5O2S. The number of aryl methyl sites for hydroxylation is 1. The summed E-state index contributed by atoms with van der Waals surface area (Å²) < 4.78 is 25.3. The van der Waals surface area contributed by atoms with Crippen LogP contribution in [0, 0.1) is 0 Å². The average molecular weight is 275 g/mol. The molecule has 0 aliphatic heterocycles. The molecule has 0 aliphatic carbocycles. The van der Waals surface area contributed by atoms with Crippen molar-refractivity contribution in [2.75, 3.05) is 27.2 Å². The van der Waals surface area contributed by atoms with Gasteiger partial charge in [-0.2, -0.15) is 5.10 Å². The van der Waals surface area contributed by atoms with Crippen molar-refractivity contribution in [3.05, 3.63) is 12.4 Å². The van der Waals surface area contributed by atoms with Gasteiger partial charge in [-0.1, -0.05) is 6.92 Å². The largest absolute Gasteiger partial charge is 0.317 e. The number of hydrogen-bond acceptors (Lipinski definition) is 5. The predicted molar refractivity (Wildman–Crippen MR) is 69.4 cm³/mol. The Balaban J connectivity index is 2.57. The Kier molecular flexibility index (Phi) is 5.73. The zero-order valence-electron chi connectivity index (χ0n) is 11.0. The SMILES string of the molecule is CCNCCCn1cc(S(=O)(=O)NN(C)C)cn1. The standard InChI is InChI=1S/C10H21N5O2S/c1-4-11-6-5-7-15-9-10(8-12-15)18(16,17)13-14(2)3/h8-9,11,13H,4-7H2,1-3H3. The fourth-order valence-corrected chi connectivity index (χ4v) is 2.47. The summed E-state index contributed by atoms with van der Waals surface area (Å²) in [6, 6.07) is 0. The van der Waals surface area contributed by atoms with E-state index in [2.05, 4.69) is 15.2 Å². The lowest BCUT2D eigenvalue weighted by Gasteiger charge is -2.10. The maximum atomic E-state index is 11.8. The first kappa shape index (κ1) is 15.1. The highest BCUT2D eigenvalue weighted by Crippen LogP contribution is 2.07. The third-order valence-corrected chi connectivity index (χ3v) is 3.65. The molecule has 0 atom stereocenters. The van der Waals surface area contributed by atoms with Crippen LogP contribution in [0.3, 0.4) is 0 Å². The number of aromatic nitrogens is 2. The van der Waals surface area contributed by atoms with E-state index in [1.807, 2.05) is 6.92 Å². The molecule has 0 fully saturated rings. The quantitative estimate of drug-likeness (QED) is 0.500. The Morgan fingerprint density at radius 3 is 2.78 bits per heavy atom. The Hall–Kier alpha value is -0.960. The molecule has 0 aromatic carbocycles. The summed E-state index contributed by atoms with van der Waals surface area (Å²) in [5.41, 5.74) is 0. The van der Waals surface area contributed by atoms with Crippen molar-refractivity contribution in [1.82, 2.24) is 24.9 Å². The molecule has 1 aromatic heterocycles. The fourth-order valence-electron chi connectivity index (χ4n) is 1.44. The van der Waals surface area contributed by atoms with E-state index in [4.69, 9.17) is 0 Å². The van der Waals surface area contributed by atoms with Crippen LogP contribution in [-0.2, 0) is 16.6 Å². The number of nitrogens with one attached hydrogen (secondary N) is 2. The Bertz CT molecular complexity index is 455. The van der Waals surface area contributed by atoms with Crippen molar-refractivity contribution < 1.29 is 8.42 Å². The molecule has 0 aliphatic rings. The molecule has 8 heteroatoms. The number of hydrazine groups is 1. The molecule has 104 valence electrons. The predicted octanol–water partition coefficient (Wildman–Crippen LogP) is -0.362. The smallest absolute Gasteiger partial charge is 0.256 e. The Labute approximate surface area is 108 Å². The third-order valence-electron chi connectivity index (χ3n) is 2.21. The fraction of sp³-hybridized carbons (Fsp3) is 0.700. The molecule has 0 saturated heterocycles. The van der Waals surface area contributed by atoms with Gasteiger partial charge >= 0.3 is 0 Å². The summed E-state index contributed by atoms with van der Waals surface area (Å²) in [4.78, 5) is 2.55. The Morgan fingerprint density at radius 1 is 1.44 bits per heavy atom. The molecule has 1 heterocycles. The van der Waals surface area contributed by atoms with Gasteiger partial charge in [0.25, 0.3) is 10.0 Å². The monoisotopic (exact) mass is 275 g/mol. The first-order chi connectivity index (χ1) is 8.45. The number of sulfonamides is 1. The van der Waals surface area contributed by atoms with E-state index in [9.17, 15) is 8.42 Å². The van der Waals surface area contributed by atoms with Crippen molar-refractivity contribution in [2.45, 2.75) is 24.8 Å². The van der Waals surface area contributed by atoms with Gasteiger partial charge in [-0.05, 0) is 19.5 Å². The van der Waals surface area contributed by atoms with E-state index in [0.29, 0.717) is 6.54 Å². The second-order valence-corrected chi connectivity index (χ2v) is 5.80. The highest BCUT2D eigenvalue weighted by molar-refractivity contribution is 7.89. The molecule has 7 nitrogen and oxygen atoms in total. The van der Waals surface area contributed by atoms with Gasteiger partial charge in [0.05, 0.1) is 6.20 Å². The van der Waals surface area contributed by atoms with E-state index in [0.717, 1.165) is 19.5 Å². The van der Waals surface area contributed by atoms with Gasteiger partial charge in [0.1, 0.15) is 4.90 Å². The Morgan fingerprint density at radius 2 is 2.17 bits per heavy atom. The van der Waals surface area contributed by atoms with Gasteiger partial charge in [0.2, 0.25) is 0 Å². The van der Waals surface area contributed by atoms with Crippen LogP contribution in [0.2, 0.25) is 0 Å². The van der Waals surface area contributed by atoms with Gasteiger partial charge in [-0.3, -0.25) is 4.68 Å². The average Bonchev–Trinajstić information content (AvgIpc) is 2.72. The van der Waals surface area contributed by atoms with E-state index in [1.54, 1.807) is 18.8 Å². The molecule has 1 aromatic rings. The molecule has 0 bridgehead atoms. The molecule has 0 radical (unpaired) electrons. The summed E-state index contributed by atoms with van der Waals surface area (Å²) in [5.74, 6) is 0. The van der Waals surface area contributed by atoms with Gasteiger partial charge in [0.15, 0.2) is 0 Å². The van der Waals surface area contributed by atoms with Crippen LogP contribution in [0.5, 0.6) is 0 Å². The number of hydrogen-bond donors (Lipinski definition) is 2. The molecule has 0 spiro atoms. The molecule has 18 heavy (non-hydrogen) atoms. The molecule has 0 amide bonds. The van der Waals surface area contributed by atoms with Crippen LogP contribution in [0.25, 0.3) is 0 Å². The second-order valence-electron chi connectivity index (χ2n) is 4.14. The minimum atomic E-state index is -3.50. The van der Waals surface area contributed by atoms with Crippen LogP contribution in [0.1, 0.15) is 13.3 Å². The third kappa shape index (κ3) is 4.73. The maximum absolute atomic E-state index is 11.8. The molecule has 0 saturated carbocycles. The van der Waals surface area contributed by atoms with Gasteiger partial charge < -0.3 is 5.32 Å². The number of nitrogens with zero attached hydrogens (tertiary/aromatic N) is 3. The van der Waals surface area contributed by atoms with Gasteiger partial charge in [0, 0.05) is 26.8 Å². The van der Waals surface area contributed by atoms with Crippen molar-refractivity contribution in [3.8, 4) is 0 Å². The molecule has 2 N–H and O–H groups in total. The second kappa shape index (κ2) is 6.83. The van der Waals surface area contributed by atoms with Crippen LogP contribution in [0.4, 0.5) is 0 Å². The highest BCUT2D eigenvalue weighted by Gasteiger charge is 2.16. The maximum Gasteiger partial charge on any atom is 0.256 e. The van der Waals surface area contributed by atoms with Crippen molar-refractivity contribution >= 4 is 10.0 Å². The van der Waals surface area contributed by atoms with E-state index in [-0.39, 0.29) is 4.90 Å². The summed E-state index contributed by atoms with van der Waals surface area (Å²) >= 11 is 0. The first-order valence-corrected chi connectivity index (χ1v) is 7.37. The lowest BCUT2D eigenvalue weighted by molar-refractivity contribution is 0.364. The minimum absolute atomic E-state index is 0.180. The molecular weight excluding hydrogens is 254 g/mol. The molecule has 0 unspecified atom stereocenters. The van der Waals surface area contributed by atoms with Crippen molar-refractivity contribution in [3.63, 3.8) is 0 Å². The summed E-state index contributed by atoms with van der Waals surface area (Å²) in [6.07, 6.45) is 3.81. The minimum Gasteiger partial charge on any atom is -0.317 e. The zero-order chi connectivity index (χ0) is 13.6. The normalized spacial score (nSPS) is 12.2. The van der Waals surface area contributed by atoms with Gasteiger partial charge in [-0.15, -0.1) is 4.83 Å². The zero-order valence-corrected chi connectivity index (χ0v) is 11.9.